The highest BCUT2D eigenvalue weighted by molar-refractivity contribution is 6.30. The molecule has 2 aromatic carbocycles. The number of benzene rings is 2. The molecular formula is C30H36Cl2N2O4. The first-order valence-electron chi connectivity index (χ1n) is 13.6. The lowest BCUT2D eigenvalue weighted by atomic mass is 9.67. The summed E-state index contributed by atoms with van der Waals surface area (Å²) < 4.78 is 6.01. The molecule has 3 heterocycles. The van der Waals surface area contributed by atoms with Crippen molar-refractivity contribution in [3.8, 4) is 0 Å². The smallest absolute Gasteiger partial charge is 0.304 e. The van der Waals surface area contributed by atoms with Gasteiger partial charge < -0.3 is 14.7 Å². The molecule has 6 atom stereocenters. The Labute approximate surface area is 234 Å². The highest BCUT2D eigenvalue weighted by Crippen LogP contribution is 2.52. The second-order valence-corrected chi connectivity index (χ2v) is 12.4. The lowest BCUT2D eigenvalue weighted by Crippen LogP contribution is -2.56. The van der Waals surface area contributed by atoms with Crippen molar-refractivity contribution in [2.45, 2.75) is 76.2 Å². The quantitative estimate of drug-likeness (QED) is 0.419. The number of likely N-dealkylation sites (tertiary alicyclic amines) is 2. The normalized spacial score (nSPS) is 30.4. The maximum absolute atomic E-state index is 14.3. The average molecular weight is 560 g/mol. The number of ether oxygens (including phenoxy) is 1. The molecule has 8 heteroatoms. The van der Waals surface area contributed by atoms with Crippen molar-refractivity contribution in [1.29, 1.82) is 0 Å². The summed E-state index contributed by atoms with van der Waals surface area (Å²) in [7, 11) is 0. The summed E-state index contributed by atoms with van der Waals surface area (Å²) in [6.45, 7) is 6.63. The minimum absolute atomic E-state index is 0.0984. The Hall–Kier alpha value is -2.12. The van der Waals surface area contributed by atoms with Gasteiger partial charge in [-0.3, -0.25) is 14.5 Å². The zero-order chi connectivity index (χ0) is 27.0. The maximum Gasteiger partial charge on any atom is 0.304 e. The van der Waals surface area contributed by atoms with Crippen molar-refractivity contribution in [2.75, 3.05) is 19.6 Å². The van der Waals surface area contributed by atoms with E-state index in [-0.39, 0.29) is 30.3 Å². The van der Waals surface area contributed by atoms with E-state index in [1.807, 2.05) is 53.4 Å². The molecule has 2 bridgehead atoms. The van der Waals surface area contributed by atoms with Gasteiger partial charge in [0.05, 0.1) is 30.1 Å². The molecule has 5 rings (SSSR count). The van der Waals surface area contributed by atoms with Gasteiger partial charge in [-0.25, -0.2) is 0 Å². The van der Waals surface area contributed by atoms with Crippen molar-refractivity contribution in [1.82, 2.24) is 9.80 Å². The minimum Gasteiger partial charge on any atom is -0.481 e. The van der Waals surface area contributed by atoms with E-state index >= 15 is 0 Å². The molecule has 0 spiro atoms. The van der Waals surface area contributed by atoms with Crippen LogP contribution in [-0.4, -0.2) is 64.7 Å². The van der Waals surface area contributed by atoms with Crippen molar-refractivity contribution < 1.29 is 19.4 Å². The highest BCUT2D eigenvalue weighted by atomic mass is 35.5. The molecule has 0 aliphatic carbocycles. The topological polar surface area (TPSA) is 70.1 Å². The molecule has 3 aliphatic rings. The van der Waals surface area contributed by atoms with E-state index < -0.39 is 11.4 Å². The molecule has 204 valence electrons. The molecule has 38 heavy (non-hydrogen) atoms. The average Bonchev–Trinajstić information content (AvgIpc) is 3.21. The van der Waals surface area contributed by atoms with Crippen LogP contribution in [0.25, 0.3) is 0 Å². The van der Waals surface area contributed by atoms with Gasteiger partial charge >= 0.3 is 5.97 Å². The third-order valence-corrected chi connectivity index (χ3v) is 9.08. The molecule has 0 aromatic heterocycles. The molecule has 1 N–H and O–H groups in total. The number of hydrogen-bond donors (Lipinski definition) is 1. The number of carbonyl (C=O) groups is 2. The molecule has 2 aromatic rings. The van der Waals surface area contributed by atoms with Gasteiger partial charge in [0.2, 0.25) is 5.91 Å². The molecule has 5 unspecified atom stereocenters. The summed E-state index contributed by atoms with van der Waals surface area (Å²) in [5.74, 6) is -1.20. The van der Waals surface area contributed by atoms with E-state index in [2.05, 4.69) is 11.8 Å². The minimum atomic E-state index is -1.03. The Bertz CT molecular complexity index is 1160. The number of carbonyl (C=O) groups excluding carboxylic acids is 1. The summed E-state index contributed by atoms with van der Waals surface area (Å²) in [4.78, 5) is 30.6. The molecule has 0 radical (unpaired) electrons. The first kappa shape index (κ1) is 27.4. The van der Waals surface area contributed by atoms with Crippen LogP contribution in [0.5, 0.6) is 0 Å². The van der Waals surface area contributed by atoms with E-state index in [1.54, 1.807) is 6.92 Å². The van der Waals surface area contributed by atoms with Gasteiger partial charge in [0.15, 0.2) is 0 Å². The Morgan fingerprint density at radius 1 is 1.08 bits per heavy atom. The number of carboxylic acid groups (broad SMARTS) is 1. The Morgan fingerprint density at radius 3 is 2.39 bits per heavy atom. The first-order chi connectivity index (χ1) is 18.1. The van der Waals surface area contributed by atoms with Crippen molar-refractivity contribution in [2.24, 2.45) is 5.41 Å². The number of amides is 1. The van der Waals surface area contributed by atoms with Gasteiger partial charge in [-0.05, 0) is 68.0 Å². The van der Waals surface area contributed by atoms with Crippen LogP contribution >= 0.6 is 23.2 Å². The molecule has 3 aliphatic heterocycles. The maximum atomic E-state index is 14.3. The predicted molar refractivity (Wildman–Crippen MR) is 149 cm³/mol. The Kier molecular flexibility index (Phi) is 8.07. The number of fused-ring (bicyclic) bond motifs is 2. The van der Waals surface area contributed by atoms with Gasteiger partial charge in [-0.1, -0.05) is 54.4 Å². The fourth-order valence-electron chi connectivity index (χ4n) is 6.75. The number of piperidine rings is 1. The van der Waals surface area contributed by atoms with Crippen LogP contribution in [-0.2, 0) is 14.3 Å². The fourth-order valence-corrected chi connectivity index (χ4v) is 7.08. The summed E-state index contributed by atoms with van der Waals surface area (Å²) in [6, 6.07) is 15.0. The second kappa shape index (κ2) is 11.2. The number of hydrogen-bond acceptors (Lipinski definition) is 4. The molecule has 1 amide bonds. The number of rotatable bonds is 8. The van der Waals surface area contributed by atoms with E-state index in [9.17, 15) is 14.7 Å². The van der Waals surface area contributed by atoms with Crippen LogP contribution in [0, 0.1) is 5.41 Å². The van der Waals surface area contributed by atoms with E-state index in [4.69, 9.17) is 27.9 Å². The lowest BCUT2D eigenvalue weighted by molar-refractivity contribution is -0.160. The summed E-state index contributed by atoms with van der Waals surface area (Å²) in [5, 5.41) is 11.0. The molecule has 6 nitrogen and oxygen atoms in total. The zero-order valence-corrected chi connectivity index (χ0v) is 23.5. The standard InChI is InChI=1S/C30H36Cl2N2O4/c1-19(12-13-33-17-24-10-11-25(18-33)38-24)34-28(20-6-8-22(31)9-7-20)26(21-4-3-5-23(32)14-21)15-30(2,29(34)37)16-27(35)36/h3-9,14,19,24-26,28H,10-13,15-18H2,1-2H3,(H,35,36)/t19-,24?,25?,26?,28?,30?/m0/s1. The molecule has 3 saturated heterocycles. The van der Waals surface area contributed by atoms with Crippen molar-refractivity contribution >= 4 is 35.1 Å². The fraction of sp³-hybridized carbons (Fsp3) is 0.533. The Balaban J connectivity index is 1.51. The summed E-state index contributed by atoms with van der Waals surface area (Å²) in [6.07, 6.45) is 3.86. The van der Waals surface area contributed by atoms with Gasteiger partial charge in [-0.2, -0.15) is 0 Å². The van der Waals surface area contributed by atoms with Gasteiger partial charge in [-0.15, -0.1) is 0 Å². The zero-order valence-electron chi connectivity index (χ0n) is 22.0. The van der Waals surface area contributed by atoms with Crippen molar-refractivity contribution in [3.05, 3.63) is 69.7 Å². The lowest BCUT2D eigenvalue weighted by Gasteiger charge is -2.51. The third-order valence-electron chi connectivity index (χ3n) is 8.59. The van der Waals surface area contributed by atoms with Gasteiger partial charge in [0.1, 0.15) is 0 Å². The third kappa shape index (κ3) is 5.74. The van der Waals surface area contributed by atoms with Crippen LogP contribution in [0.4, 0.5) is 0 Å². The predicted octanol–water partition coefficient (Wildman–Crippen LogP) is 6.17. The first-order valence-corrected chi connectivity index (χ1v) is 14.3. The molecular weight excluding hydrogens is 523 g/mol. The van der Waals surface area contributed by atoms with Crippen molar-refractivity contribution in [3.63, 3.8) is 0 Å². The van der Waals surface area contributed by atoms with Crippen LogP contribution in [0.3, 0.4) is 0 Å². The van der Waals surface area contributed by atoms with Crippen LogP contribution < -0.4 is 0 Å². The SMILES string of the molecule is C[C@@H](CCN1CC2CCC(C1)O2)N1C(=O)C(C)(CC(=O)O)CC(c2cccc(Cl)c2)C1c1ccc(Cl)cc1. The van der Waals surface area contributed by atoms with E-state index in [0.717, 1.165) is 50.0 Å². The van der Waals surface area contributed by atoms with E-state index in [0.29, 0.717) is 28.7 Å². The summed E-state index contributed by atoms with van der Waals surface area (Å²) >= 11 is 12.7. The number of nitrogens with zero attached hydrogens (tertiary/aromatic N) is 2. The highest BCUT2D eigenvalue weighted by Gasteiger charge is 2.52. The number of carboxylic acids is 1. The number of morpholine rings is 1. The monoisotopic (exact) mass is 558 g/mol. The second-order valence-electron chi connectivity index (χ2n) is 11.6. The molecule has 0 saturated carbocycles. The van der Waals surface area contributed by atoms with Gasteiger partial charge in [0.25, 0.3) is 0 Å². The molecule has 3 fully saturated rings. The van der Waals surface area contributed by atoms with Crippen LogP contribution in [0.1, 0.15) is 69.0 Å². The van der Waals surface area contributed by atoms with Gasteiger partial charge in [0, 0.05) is 41.6 Å². The largest absolute Gasteiger partial charge is 0.481 e. The van der Waals surface area contributed by atoms with Crippen LogP contribution in [0.15, 0.2) is 48.5 Å². The van der Waals surface area contributed by atoms with E-state index in [1.165, 1.54) is 0 Å². The van der Waals surface area contributed by atoms with Crippen LogP contribution in [0.2, 0.25) is 10.0 Å². The number of halogens is 2. The Morgan fingerprint density at radius 2 is 1.76 bits per heavy atom. The number of aliphatic carboxylic acids is 1. The summed E-state index contributed by atoms with van der Waals surface area (Å²) in [5.41, 5.74) is 0.957.